The summed E-state index contributed by atoms with van der Waals surface area (Å²) in [7, 11) is -2.99. The van der Waals surface area contributed by atoms with Crippen LogP contribution in [0.2, 0.25) is 0 Å². The van der Waals surface area contributed by atoms with Crippen LogP contribution in [0, 0.1) is 11.8 Å². The number of amides is 2. The van der Waals surface area contributed by atoms with Crippen molar-refractivity contribution in [1.29, 1.82) is 0 Å². The Morgan fingerprint density at radius 1 is 1.24 bits per heavy atom. The Labute approximate surface area is 152 Å². The van der Waals surface area contributed by atoms with Gasteiger partial charge in [-0.05, 0) is 49.1 Å². The van der Waals surface area contributed by atoms with Crippen LogP contribution in [0.15, 0.2) is 6.07 Å². The lowest BCUT2D eigenvalue weighted by Gasteiger charge is -2.19. The molecule has 25 heavy (non-hydrogen) atoms. The third kappa shape index (κ3) is 4.61. The van der Waals surface area contributed by atoms with E-state index in [4.69, 9.17) is 0 Å². The summed E-state index contributed by atoms with van der Waals surface area (Å²) in [5, 5.41) is 0. The van der Waals surface area contributed by atoms with Gasteiger partial charge in [0.05, 0.1) is 16.4 Å². The van der Waals surface area contributed by atoms with Crippen molar-refractivity contribution in [2.45, 2.75) is 45.4 Å². The molecule has 1 aliphatic heterocycles. The van der Waals surface area contributed by atoms with Crippen molar-refractivity contribution in [2.75, 3.05) is 11.5 Å². The van der Waals surface area contributed by atoms with Crippen LogP contribution >= 0.6 is 11.3 Å². The second-order valence-corrected chi connectivity index (χ2v) is 10.4. The third-order valence-electron chi connectivity index (χ3n) is 5.10. The number of carbonyl (C=O) groups excluding carboxylic acids is 2. The van der Waals surface area contributed by atoms with E-state index in [1.807, 2.05) is 6.07 Å². The molecule has 2 aliphatic rings. The molecule has 1 aromatic rings. The summed E-state index contributed by atoms with van der Waals surface area (Å²) < 4.78 is 22.8. The van der Waals surface area contributed by atoms with E-state index in [-0.39, 0.29) is 35.7 Å². The Balaban J connectivity index is 1.50. The Kier molecular flexibility index (Phi) is 5.48. The molecule has 1 aliphatic carbocycles. The van der Waals surface area contributed by atoms with Crippen LogP contribution in [0.3, 0.4) is 0 Å². The van der Waals surface area contributed by atoms with E-state index in [2.05, 4.69) is 17.8 Å². The van der Waals surface area contributed by atoms with E-state index in [0.29, 0.717) is 17.2 Å². The van der Waals surface area contributed by atoms with E-state index in [0.717, 1.165) is 19.3 Å². The van der Waals surface area contributed by atoms with Gasteiger partial charge in [-0.15, -0.1) is 11.3 Å². The fourth-order valence-electron chi connectivity index (χ4n) is 3.59. The highest BCUT2D eigenvalue weighted by Gasteiger charge is 2.29. The lowest BCUT2D eigenvalue weighted by Crippen LogP contribution is -2.42. The number of nitrogens with one attached hydrogen (secondary N) is 2. The number of hydrogen-bond donors (Lipinski definition) is 2. The normalized spacial score (nSPS) is 24.5. The zero-order valence-electron chi connectivity index (χ0n) is 14.3. The average molecular weight is 385 g/mol. The molecular formula is C17H24N2O4S2. The number of carbonyl (C=O) groups is 2. The van der Waals surface area contributed by atoms with Crippen LogP contribution in [0.25, 0.3) is 0 Å². The van der Waals surface area contributed by atoms with Crippen molar-refractivity contribution in [3.63, 3.8) is 0 Å². The molecule has 6 nitrogen and oxygen atoms in total. The van der Waals surface area contributed by atoms with Crippen molar-refractivity contribution in [3.8, 4) is 0 Å². The van der Waals surface area contributed by atoms with Gasteiger partial charge in [-0.2, -0.15) is 0 Å². The minimum atomic E-state index is -2.99. The predicted molar refractivity (Wildman–Crippen MR) is 97.1 cm³/mol. The maximum absolute atomic E-state index is 12.2. The monoisotopic (exact) mass is 384 g/mol. The first-order valence-electron chi connectivity index (χ1n) is 8.77. The van der Waals surface area contributed by atoms with E-state index in [1.54, 1.807) is 0 Å². The van der Waals surface area contributed by atoms with Crippen LogP contribution in [-0.2, 0) is 27.5 Å². The summed E-state index contributed by atoms with van der Waals surface area (Å²) in [6.45, 7) is 2.20. The standard InChI is InChI=1S/C17H24N2O4S2/c1-2-11-3-4-14-13(7-11)9-15(24-14)17(21)19-18-16(20)8-12-5-6-25(22,23)10-12/h9,11-12H,2-8,10H2,1H3,(H,18,20)(H,19,21)/t11-,12+/m1/s1. The quantitative estimate of drug-likeness (QED) is 0.775. The molecule has 0 unspecified atom stereocenters. The molecule has 2 N–H and O–H groups in total. The predicted octanol–water partition coefficient (Wildman–Crippen LogP) is 1.85. The maximum Gasteiger partial charge on any atom is 0.279 e. The minimum Gasteiger partial charge on any atom is -0.273 e. The van der Waals surface area contributed by atoms with Crippen molar-refractivity contribution in [3.05, 3.63) is 21.4 Å². The molecule has 2 heterocycles. The van der Waals surface area contributed by atoms with E-state index >= 15 is 0 Å². The molecule has 3 rings (SSSR count). The van der Waals surface area contributed by atoms with Gasteiger partial charge in [0.25, 0.3) is 5.91 Å². The lowest BCUT2D eigenvalue weighted by atomic mass is 9.87. The van der Waals surface area contributed by atoms with E-state index in [9.17, 15) is 18.0 Å². The van der Waals surface area contributed by atoms with Gasteiger partial charge < -0.3 is 0 Å². The molecule has 1 fully saturated rings. The second kappa shape index (κ2) is 7.45. The van der Waals surface area contributed by atoms with Crippen molar-refractivity contribution in [1.82, 2.24) is 10.9 Å². The summed E-state index contributed by atoms with van der Waals surface area (Å²) in [6, 6.07) is 1.94. The van der Waals surface area contributed by atoms with Crippen molar-refractivity contribution < 1.29 is 18.0 Å². The molecule has 2 atom stereocenters. The van der Waals surface area contributed by atoms with Crippen LogP contribution in [0.1, 0.15) is 52.7 Å². The fourth-order valence-corrected chi connectivity index (χ4v) is 6.56. The topological polar surface area (TPSA) is 92.3 Å². The zero-order chi connectivity index (χ0) is 18.0. The number of fused-ring (bicyclic) bond motifs is 1. The van der Waals surface area contributed by atoms with E-state index < -0.39 is 9.84 Å². The first-order valence-corrected chi connectivity index (χ1v) is 11.4. The molecule has 2 amide bonds. The van der Waals surface area contributed by atoms with E-state index in [1.165, 1.54) is 28.2 Å². The number of thiophene rings is 1. The molecule has 138 valence electrons. The molecule has 0 bridgehead atoms. The van der Waals surface area contributed by atoms with Crippen LogP contribution in [-0.4, -0.2) is 31.7 Å². The second-order valence-electron chi connectivity index (χ2n) is 7.05. The molecule has 0 spiro atoms. The highest BCUT2D eigenvalue weighted by atomic mass is 32.2. The number of aryl methyl sites for hydroxylation is 1. The molecule has 8 heteroatoms. The average Bonchev–Trinajstić information content (AvgIpc) is 3.14. The summed E-state index contributed by atoms with van der Waals surface area (Å²) >= 11 is 1.50. The van der Waals surface area contributed by atoms with Gasteiger partial charge in [0.15, 0.2) is 9.84 Å². The van der Waals surface area contributed by atoms with Gasteiger partial charge >= 0.3 is 0 Å². The molecule has 0 radical (unpaired) electrons. The Hall–Kier alpha value is -1.41. The molecule has 0 saturated carbocycles. The van der Waals surface area contributed by atoms with Crippen LogP contribution in [0.4, 0.5) is 0 Å². The summed E-state index contributed by atoms with van der Waals surface area (Å²) in [4.78, 5) is 26.0. The third-order valence-corrected chi connectivity index (χ3v) is 8.18. The molecule has 1 aromatic heterocycles. The maximum atomic E-state index is 12.2. The summed E-state index contributed by atoms with van der Waals surface area (Å²) in [6.07, 6.45) is 5.01. The Morgan fingerprint density at radius 2 is 2.04 bits per heavy atom. The number of rotatable bonds is 4. The SMILES string of the molecule is CC[C@@H]1CCc2sc(C(=O)NNC(=O)C[C@@H]3CCS(=O)(=O)C3)cc2C1. The molecular weight excluding hydrogens is 360 g/mol. The van der Waals surface area contributed by atoms with Gasteiger partial charge in [-0.1, -0.05) is 13.3 Å². The van der Waals surface area contributed by atoms with Crippen LogP contribution in [0.5, 0.6) is 0 Å². The highest BCUT2D eigenvalue weighted by Crippen LogP contribution is 2.33. The molecule has 0 aromatic carbocycles. The number of sulfone groups is 1. The largest absolute Gasteiger partial charge is 0.279 e. The summed E-state index contributed by atoms with van der Waals surface area (Å²) in [5.41, 5.74) is 6.12. The van der Waals surface area contributed by atoms with Crippen molar-refractivity contribution >= 4 is 33.0 Å². The number of hydrazine groups is 1. The number of hydrogen-bond acceptors (Lipinski definition) is 5. The van der Waals surface area contributed by atoms with Gasteiger partial charge in [-0.3, -0.25) is 20.4 Å². The smallest absolute Gasteiger partial charge is 0.273 e. The van der Waals surface area contributed by atoms with Gasteiger partial charge in [0, 0.05) is 11.3 Å². The van der Waals surface area contributed by atoms with Gasteiger partial charge in [-0.25, -0.2) is 8.42 Å². The molecule has 1 saturated heterocycles. The highest BCUT2D eigenvalue weighted by molar-refractivity contribution is 7.91. The van der Waals surface area contributed by atoms with Gasteiger partial charge in [0.1, 0.15) is 0 Å². The fraction of sp³-hybridized carbons (Fsp3) is 0.647. The zero-order valence-corrected chi connectivity index (χ0v) is 16.0. The van der Waals surface area contributed by atoms with Crippen molar-refractivity contribution in [2.24, 2.45) is 11.8 Å². The first-order chi connectivity index (χ1) is 11.9. The Bertz CT molecular complexity index is 770. The minimum absolute atomic E-state index is 0.0601. The lowest BCUT2D eigenvalue weighted by molar-refractivity contribution is -0.122. The summed E-state index contributed by atoms with van der Waals surface area (Å²) in [5.74, 6) is 0.103. The van der Waals surface area contributed by atoms with Gasteiger partial charge in [0.2, 0.25) is 5.91 Å². The van der Waals surface area contributed by atoms with Crippen LogP contribution < -0.4 is 10.9 Å². The first kappa shape index (κ1) is 18.4. The Morgan fingerprint density at radius 3 is 2.72 bits per heavy atom.